The van der Waals surface area contributed by atoms with Crippen LogP contribution in [0.25, 0.3) is 5.65 Å². The molecule has 0 saturated heterocycles. The van der Waals surface area contributed by atoms with Gasteiger partial charge in [-0.2, -0.15) is 18.3 Å². The Labute approximate surface area is 146 Å². The van der Waals surface area contributed by atoms with E-state index in [4.69, 9.17) is 0 Å². The second-order valence-electron chi connectivity index (χ2n) is 6.15. The van der Waals surface area contributed by atoms with Crippen LogP contribution in [0.3, 0.4) is 0 Å². The number of nitrogens with one attached hydrogen (secondary N) is 1. The Morgan fingerprint density at radius 2 is 2.15 bits per heavy atom. The maximum absolute atomic E-state index is 13.0. The van der Waals surface area contributed by atoms with E-state index in [1.807, 2.05) is 0 Å². The minimum Gasteiger partial charge on any atom is -0.352 e. The molecule has 0 aliphatic heterocycles. The quantitative estimate of drug-likeness (QED) is 0.752. The van der Waals surface area contributed by atoms with E-state index < -0.39 is 11.9 Å². The molecule has 3 rings (SSSR count). The van der Waals surface area contributed by atoms with Crippen LogP contribution in [-0.4, -0.2) is 36.8 Å². The molecule has 3 aromatic heterocycles. The summed E-state index contributed by atoms with van der Waals surface area (Å²) in [5.74, 6) is -0.611. The van der Waals surface area contributed by atoms with Crippen molar-refractivity contribution in [3.05, 3.63) is 47.7 Å². The van der Waals surface area contributed by atoms with Gasteiger partial charge in [0, 0.05) is 19.3 Å². The van der Waals surface area contributed by atoms with E-state index in [9.17, 15) is 18.0 Å². The lowest BCUT2D eigenvalue weighted by Gasteiger charge is -2.16. The van der Waals surface area contributed by atoms with E-state index in [2.05, 4.69) is 20.6 Å². The maximum Gasteiger partial charge on any atom is 0.433 e. The molecule has 0 unspecified atom stereocenters. The summed E-state index contributed by atoms with van der Waals surface area (Å²) in [6.07, 6.45) is -1.27. The zero-order valence-corrected chi connectivity index (χ0v) is 14.2. The summed E-state index contributed by atoms with van der Waals surface area (Å²) in [4.78, 5) is 12.3. The lowest BCUT2D eigenvalue weighted by atomic mass is 10.1. The third kappa shape index (κ3) is 3.68. The number of amides is 1. The number of rotatable bonds is 5. The predicted octanol–water partition coefficient (Wildman–Crippen LogP) is 2.32. The van der Waals surface area contributed by atoms with Crippen LogP contribution in [-0.2, 0) is 12.7 Å². The Bertz CT molecular complexity index is 930. The number of aromatic nitrogens is 5. The van der Waals surface area contributed by atoms with Gasteiger partial charge in [0.25, 0.3) is 5.91 Å². The lowest BCUT2D eigenvalue weighted by Crippen LogP contribution is -2.31. The fourth-order valence-corrected chi connectivity index (χ4v) is 2.66. The fraction of sp³-hybridized carbons (Fsp3) is 0.375. The maximum atomic E-state index is 13.0. The number of halogens is 3. The molecule has 0 radical (unpaired) electrons. The molecular formula is C16H17F3N6O. The van der Waals surface area contributed by atoms with E-state index in [-0.39, 0.29) is 24.9 Å². The average Bonchev–Trinajstić information content (AvgIpc) is 3.18. The Morgan fingerprint density at radius 3 is 2.88 bits per heavy atom. The first-order chi connectivity index (χ1) is 12.3. The van der Waals surface area contributed by atoms with Gasteiger partial charge in [0.2, 0.25) is 0 Å². The number of hydrogen-bond acceptors (Lipinski definition) is 4. The van der Waals surface area contributed by atoms with Crippen molar-refractivity contribution in [3.8, 4) is 0 Å². The van der Waals surface area contributed by atoms with Crippen molar-refractivity contribution in [2.45, 2.75) is 26.6 Å². The van der Waals surface area contributed by atoms with Crippen molar-refractivity contribution in [2.75, 3.05) is 6.54 Å². The molecule has 1 N–H and O–H groups in total. The number of carbonyl (C=O) groups is 1. The summed E-state index contributed by atoms with van der Waals surface area (Å²) in [6, 6.07) is 4.32. The molecule has 0 spiro atoms. The third-order valence-electron chi connectivity index (χ3n) is 3.86. The van der Waals surface area contributed by atoms with Crippen LogP contribution in [0, 0.1) is 12.8 Å². The first-order valence-corrected chi connectivity index (χ1v) is 7.94. The van der Waals surface area contributed by atoms with Gasteiger partial charge >= 0.3 is 6.18 Å². The first-order valence-electron chi connectivity index (χ1n) is 7.94. The van der Waals surface area contributed by atoms with Gasteiger partial charge < -0.3 is 5.32 Å². The highest BCUT2D eigenvalue weighted by atomic mass is 19.4. The molecule has 26 heavy (non-hydrogen) atoms. The number of nitrogens with zero attached hydrogens (tertiary/aromatic N) is 5. The topological polar surface area (TPSA) is 77.1 Å². The highest BCUT2D eigenvalue weighted by Crippen LogP contribution is 2.30. The molecular weight excluding hydrogens is 349 g/mol. The molecule has 1 atom stereocenters. The number of pyridine rings is 1. The first kappa shape index (κ1) is 17.9. The molecule has 0 aromatic carbocycles. The summed E-state index contributed by atoms with van der Waals surface area (Å²) in [5, 5.41) is 14.3. The molecule has 1 amide bonds. The van der Waals surface area contributed by atoms with Crippen LogP contribution < -0.4 is 5.32 Å². The fourth-order valence-electron chi connectivity index (χ4n) is 2.66. The highest BCUT2D eigenvalue weighted by Gasteiger charge is 2.35. The molecule has 0 aliphatic carbocycles. The smallest absolute Gasteiger partial charge is 0.352 e. The predicted molar refractivity (Wildman–Crippen MR) is 86.5 cm³/mol. The number of aryl methyl sites for hydroxylation is 1. The number of alkyl halides is 3. The number of fused-ring (bicyclic) bond motifs is 1. The monoisotopic (exact) mass is 366 g/mol. The summed E-state index contributed by atoms with van der Waals surface area (Å²) in [7, 11) is 0. The summed E-state index contributed by atoms with van der Waals surface area (Å²) in [6.45, 7) is 3.49. The van der Waals surface area contributed by atoms with Crippen LogP contribution in [0.5, 0.6) is 0 Å². The van der Waals surface area contributed by atoms with Gasteiger partial charge in [-0.1, -0.05) is 6.92 Å². The van der Waals surface area contributed by atoms with Crippen LogP contribution in [0.2, 0.25) is 0 Å². The molecule has 0 saturated carbocycles. The van der Waals surface area contributed by atoms with Crippen molar-refractivity contribution in [3.63, 3.8) is 0 Å². The Morgan fingerprint density at radius 1 is 1.38 bits per heavy atom. The minimum atomic E-state index is -4.46. The molecule has 138 valence electrons. The van der Waals surface area contributed by atoms with Gasteiger partial charge in [-0.15, -0.1) is 10.2 Å². The normalized spacial score (nSPS) is 13.1. The van der Waals surface area contributed by atoms with Gasteiger partial charge in [0.05, 0.1) is 11.3 Å². The zero-order valence-electron chi connectivity index (χ0n) is 14.2. The SMILES string of the molecule is Cc1cc(C(F)(F)F)n(C[C@H](C)CNC(=O)c2cccn3cnnc23)n1. The van der Waals surface area contributed by atoms with Gasteiger partial charge in [-0.05, 0) is 31.0 Å². The van der Waals surface area contributed by atoms with Crippen molar-refractivity contribution in [1.29, 1.82) is 0 Å². The van der Waals surface area contributed by atoms with Gasteiger partial charge in [0.15, 0.2) is 5.65 Å². The van der Waals surface area contributed by atoms with Crippen molar-refractivity contribution in [2.24, 2.45) is 5.92 Å². The second kappa shape index (κ2) is 6.77. The Kier molecular flexibility index (Phi) is 4.66. The molecule has 0 fully saturated rings. The molecule has 10 heteroatoms. The van der Waals surface area contributed by atoms with Crippen molar-refractivity contribution < 1.29 is 18.0 Å². The van der Waals surface area contributed by atoms with E-state index >= 15 is 0 Å². The molecule has 7 nitrogen and oxygen atoms in total. The third-order valence-corrected chi connectivity index (χ3v) is 3.86. The van der Waals surface area contributed by atoms with Gasteiger partial charge in [-0.25, -0.2) is 0 Å². The van der Waals surface area contributed by atoms with Crippen LogP contribution in [0.15, 0.2) is 30.7 Å². The summed E-state index contributed by atoms with van der Waals surface area (Å²) >= 11 is 0. The van der Waals surface area contributed by atoms with Crippen LogP contribution in [0.4, 0.5) is 13.2 Å². The largest absolute Gasteiger partial charge is 0.433 e. The summed E-state index contributed by atoms with van der Waals surface area (Å²) < 4.78 is 41.6. The van der Waals surface area contributed by atoms with Gasteiger partial charge in [-0.3, -0.25) is 13.9 Å². The van der Waals surface area contributed by atoms with Crippen LogP contribution in [0.1, 0.15) is 28.7 Å². The Hall–Kier alpha value is -2.91. The Balaban J connectivity index is 1.65. The number of hydrogen-bond donors (Lipinski definition) is 1. The molecule has 0 aliphatic rings. The second-order valence-corrected chi connectivity index (χ2v) is 6.15. The number of carbonyl (C=O) groups excluding carboxylic acids is 1. The van der Waals surface area contributed by atoms with Gasteiger partial charge in [0.1, 0.15) is 12.0 Å². The van der Waals surface area contributed by atoms with Crippen molar-refractivity contribution in [1.82, 2.24) is 29.7 Å². The van der Waals surface area contributed by atoms with E-state index in [0.29, 0.717) is 16.9 Å². The van der Waals surface area contributed by atoms with E-state index in [0.717, 1.165) is 10.7 Å². The average molecular weight is 366 g/mol. The molecule has 3 aromatic rings. The minimum absolute atomic E-state index is 0.0398. The molecule has 0 bridgehead atoms. The zero-order chi connectivity index (χ0) is 18.9. The molecule has 3 heterocycles. The van der Waals surface area contributed by atoms with Crippen molar-refractivity contribution >= 4 is 11.6 Å². The highest BCUT2D eigenvalue weighted by molar-refractivity contribution is 5.99. The lowest BCUT2D eigenvalue weighted by molar-refractivity contribution is -0.144. The standard InChI is InChI=1S/C16H17F3N6O/c1-10(8-25-13(16(17,18)19)6-11(2)23-25)7-20-15(26)12-4-3-5-24-9-21-22-14(12)24/h3-6,9-10H,7-8H2,1-2H3,(H,20,26)/t10-/m1/s1. The summed E-state index contributed by atoms with van der Waals surface area (Å²) in [5.41, 5.74) is 0.274. The van der Waals surface area contributed by atoms with Crippen LogP contribution >= 0.6 is 0 Å². The van der Waals surface area contributed by atoms with E-state index in [1.54, 1.807) is 29.7 Å². The van der Waals surface area contributed by atoms with E-state index in [1.165, 1.54) is 13.3 Å².